The number of hydrogen-bond donors (Lipinski definition) is 1. The van der Waals surface area contributed by atoms with Gasteiger partial charge < -0.3 is 5.32 Å². The molecule has 1 N–H and O–H groups in total. The van der Waals surface area contributed by atoms with Gasteiger partial charge in [0.1, 0.15) is 0 Å². The highest BCUT2D eigenvalue weighted by Crippen LogP contribution is 2.28. The number of carbonyl (C=O) groups excluding carboxylic acids is 1. The van der Waals surface area contributed by atoms with E-state index in [0.717, 1.165) is 22.5 Å². The summed E-state index contributed by atoms with van der Waals surface area (Å²) in [5, 5.41) is 7.75. The van der Waals surface area contributed by atoms with Gasteiger partial charge in [0.25, 0.3) is 5.91 Å². The second kappa shape index (κ2) is 7.01. The van der Waals surface area contributed by atoms with Crippen LogP contribution in [-0.2, 0) is 4.79 Å². The van der Waals surface area contributed by atoms with Gasteiger partial charge >= 0.3 is 0 Å². The first kappa shape index (κ1) is 16.4. The number of aliphatic imine (C=N–C) groups is 1. The number of nitrogens with one attached hydrogen (secondary N) is 1. The minimum Gasteiger partial charge on any atom is -0.300 e. The Hall–Kier alpha value is -3.12. The highest BCUT2D eigenvalue weighted by Gasteiger charge is 2.24. The van der Waals surface area contributed by atoms with Crippen molar-refractivity contribution in [2.45, 2.75) is 6.92 Å². The van der Waals surface area contributed by atoms with Gasteiger partial charge in [-0.05, 0) is 54.6 Å². The van der Waals surface area contributed by atoms with Crippen molar-refractivity contribution in [1.29, 1.82) is 0 Å². The summed E-state index contributed by atoms with van der Waals surface area (Å²) in [6.45, 7) is 2.01. The number of thioether (sulfide) groups is 1. The number of amidine groups is 1. The molecule has 0 spiro atoms. The van der Waals surface area contributed by atoms with E-state index in [1.165, 1.54) is 11.8 Å². The molecule has 5 nitrogen and oxygen atoms in total. The summed E-state index contributed by atoms with van der Waals surface area (Å²) in [6, 6.07) is 17.7. The van der Waals surface area contributed by atoms with Crippen LogP contribution in [0.4, 0.5) is 5.69 Å². The lowest BCUT2D eigenvalue weighted by Crippen LogP contribution is -2.19. The summed E-state index contributed by atoms with van der Waals surface area (Å²) in [5.74, 6) is -0.145. The number of hydrogen-bond acceptors (Lipinski definition) is 4. The van der Waals surface area contributed by atoms with E-state index in [9.17, 15) is 4.79 Å². The molecule has 1 aliphatic rings. The Morgan fingerprint density at radius 1 is 1.15 bits per heavy atom. The normalized spacial score (nSPS) is 17.0. The Morgan fingerprint density at radius 2 is 2.00 bits per heavy atom. The second-order valence-corrected chi connectivity index (χ2v) is 6.91. The first-order valence-corrected chi connectivity index (χ1v) is 8.95. The van der Waals surface area contributed by atoms with Gasteiger partial charge in [0.15, 0.2) is 5.17 Å². The predicted octanol–water partition coefficient (Wildman–Crippen LogP) is 4.07. The molecule has 0 aliphatic carbocycles. The van der Waals surface area contributed by atoms with Crippen LogP contribution >= 0.6 is 11.8 Å². The van der Waals surface area contributed by atoms with E-state index in [1.807, 2.05) is 73.8 Å². The number of aromatic nitrogens is 2. The van der Waals surface area contributed by atoms with Crippen LogP contribution < -0.4 is 5.32 Å². The molecule has 1 amide bonds. The zero-order valence-corrected chi connectivity index (χ0v) is 14.9. The summed E-state index contributed by atoms with van der Waals surface area (Å²) >= 11 is 1.33. The molecule has 2 aromatic carbocycles. The van der Waals surface area contributed by atoms with E-state index in [-0.39, 0.29) is 5.91 Å². The lowest BCUT2D eigenvalue weighted by atomic mass is 10.2. The highest BCUT2D eigenvalue weighted by molar-refractivity contribution is 8.18. The van der Waals surface area contributed by atoms with Gasteiger partial charge in [-0.25, -0.2) is 9.67 Å². The van der Waals surface area contributed by atoms with Crippen molar-refractivity contribution in [2.75, 3.05) is 0 Å². The van der Waals surface area contributed by atoms with Crippen LogP contribution in [0.2, 0.25) is 0 Å². The van der Waals surface area contributed by atoms with Crippen molar-refractivity contribution in [3.63, 3.8) is 0 Å². The zero-order chi connectivity index (χ0) is 17.9. The Morgan fingerprint density at radius 3 is 2.81 bits per heavy atom. The number of rotatable bonds is 3. The number of amides is 1. The van der Waals surface area contributed by atoms with Gasteiger partial charge in [0.05, 0.1) is 22.5 Å². The molecule has 2 heterocycles. The van der Waals surface area contributed by atoms with Gasteiger partial charge in [0, 0.05) is 11.8 Å². The molecule has 128 valence electrons. The molecule has 6 heteroatoms. The number of para-hydroxylation sites is 1. The van der Waals surface area contributed by atoms with Gasteiger partial charge in [-0.15, -0.1) is 0 Å². The fourth-order valence-corrected chi connectivity index (χ4v) is 3.42. The van der Waals surface area contributed by atoms with Gasteiger partial charge in [0.2, 0.25) is 0 Å². The third kappa shape index (κ3) is 3.60. The molecule has 26 heavy (non-hydrogen) atoms. The molecule has 1 fully saturated rings. The van der Waals surface area contributed by atoms with Crippen LogP contribution in [0.3, 0.4) is 0 Å². The van der Waals surface area contributed by atoms with E-state index in [1.54, 1.807) is 10.9 Å². The number of carbonyl (C=O) groups is 1. The zero-order valence-electron chi connectivity index (χ0n) is 14.1. The van der Waals surface area contributed by atoms with Crippen LogP contribution in [0.5, 0.6) is 0 Å². The Labute approximate surface area is 155 Å². The smallest absolute Gasteiger partial charge is 0.264 e. The minimum absolute atomic E-state index is 0.145. The Bertz CT molecular complexity index is 1020. The molecule has 0 unspecified atom stereocenters. The third-order valence-corrected chi connectivity index (χ3v) is 4.71. The summed E-state index contributed by atoms with van der Waals surface area (Å²) in [4.78, 5) is 17.3. The van der Waals surface area contributed by atoms with E-state index in [2.05, 4.69) is 15.4 Å². The van der Waals surface area contributed by atoms with Crippen LogP contribution in [0.25, 0.3) is 11.8 Å². The van der Waals surface area contributed by atoms with E-state index in [4.69, 9.17) is 0 Å². The predicted molar refractivity (Wildman–Crippen MR) is 106 cm³/mol. The topological polar surface area (TPSA) is 59.3 Å². The maximum atomic E-state index is 12.2. The van der Waals surface area contributed by atoms with Crippen molar-refractivity contribution >= 4 is 34.6 Å². The molecule has 0 atom stereocenters. The average molecular weight is 360 g/mol. The van der Waals surface area contributed by atoms with Crippen molar-refractivity contribution in [1.82, 2.24) is 15.1 Å². The van der Waals surface area contributed by atoms with E-state index < -0.39 is 0 Å². The number of nitrogens with zero attached hydrogens (tertiary/aromatic N) is 3. The summed E-state index contributed by atoms with van der Waals surface area (Å²) in [7, 11) is 0. The minimum atomic E-state index is -0.145. The molecule has 0 saturated carbocycles. The maximum Gasteiger partial charge on any atom is 0.264 e. The van der Waals surface area contributed by atoms with Crippen LogP contribution in [0.15, 0.2) is 76.9 Å². The number of aryl methyl sites for hydroxylation is 1. The molecule has 1 aliphatic heterocycles. The SMILES string of the molecule is Cc1cccc(N=C2NC(=O)/C(=C\c3cnn(-c4ccccc4)c3)S2)c1. The second-order valence-electron chi connectivity index (χ2n) is 5.87. The lowest BCUT2D eigenvalue weighted by Gasteiger charge is -1.98. The third-order valence-electron chi connectivity index (χ3n) is 3.80. The molecule has 1 saturated heterocycles. The van der Waals surface area contributed by atoms with Crippen molar-refractivity contribution in [2.24, 2.45) is 4.99 Å². The van der Waals surface area contributed by atoms with E-state index in [0.29, 0.717) is 10.1 Å². The summed E-state index contributed by atoms with van der Waals surface area (Å²) in [5.41, 5.74) is 3.79. The first-order valence-electron chi connectivity index (χ1n) is 8.14. The summed E-state index contributed by atoms with van der Waals surface area (Å²) < 4.78 is 1.78. The van der Waals surface area contributed by atoms with E-state index >= 15 is 0 Å². The fraction of sp³-hybridized carbons (Fsp3) is 0.0500. The van der Waals surface area contributed by atoms with Crippen molar-refractivity contribution in [3.8, 4) is 5.69 Å². The molecule has 4 rings (SSSR count). The largest absolute Gasteiger partial charge is 0.300 e. The molecule has 0 bridgehead atoms. The summed E-state index contributed by atoms with van der Waals surface area (Å²) in [6.07, 6.45) is 5.46. The Balaban J connectivity index is 1.55. The van der Waals surface area contributed by atoms with Gasteiger partial charge in [-0.3, -0.25) is 4.79 Å². The average Bonchev–Trinajstić information content (AvgIpc) is 3.23. The number of benzene rings is 2. The quantitative estimate of drug-likeness (QED) is 0.716. The molecule has 1 aromatic heterocycles. The van der Waals surface area contributed by atoms with Crippen molar-refractivity contribution in [3.05, 3.63) is 83.0 Å². The van der Waals surface area contributed by atoms with Gasteiger partial charge in [-0.1, -0.05) is 30.3 Å². The van der Waals surface area contributed by atoms with Crippen LogP contribution in [0, 0.1) is 6.92 Å². The fourth-order valence-electron chi connectivity index (χ4n) is 2.58. The monoisotopic (exact) mass is 360 g/mol. The molecule has 0 radical (unpaired) electrons. The first-order chi connectivity index (χ1) is 12.7. The standard InChI is InChI=1S/C20H16N4OS/c1-14-6-5-7-16(10-14)22-20-23-19(25)18(26-20)11-15-12-21-24(13-15)17-8-3-2-4-9-17/h2-13H,1H3,(H,22,23,25)/b18-11+. The van der Waals surface area contributed by atoms with Crippen LogP contribution in [0.1, 0.15) is 11.1 Å². The van der Waals surface area contributed by atoms with Crippen molar-refractivity contribution < 1.29 is 4.79 Å². The van der Waals surface area contributed by atoms with Crippen LogP contribution in [-0.4, -0.2) is 20.9 Å². The van der Waals surface area contributed by atoms with Gasteiger partial charge in [-0.2, -0.15) is 5.10 Å². The lowest BCUT2D eigenvalue weighted by molar-refractivity contribution is -0.115. The molecular weight excluding hydrogens is 344 g/mol. The maximum absolute atomic E-state index is 12.2. The molecule has 3 aromatic rings. The Kier molecular flexibility index (Phi) is 4.41. The highest BCUT2D eigenvalue weighted by atomic mass is 32.2. The molecular formula is C20H16N4OS.